The van der Waals surface area contributed by atoms with Crippen molar-refractivity contribution in [2.75, 3.05) is 37.1 Å². The number of nitrogens with two attached hydrogens (primary N) is 1. The lowest BCUT2D eigenvalue weighted by Crippen LogP contribution is -2.32. The van der Waals surface area contributed by atoms with Crippen LogP contribution in [0.1, 0.15) is 44.0 Å². The molecule has 2 rings (SSSR count). The van der Waals surface area contributed by atoms with E-state index in [0.29, 0.717) is 11.7 Å². The van der Waals surface area contributed by atoms with Gasteiger partial charge in [-0.05, 0) is 25.7 Å². The van der Waals surface area contributed by atoms with Crippen LogP contribution < -0.4 is 16.2 Å². The molecule has 21 heavy (non-hydrogen) atoms. The molecule has 0 amide bonds. The van der Waals surface area contributed by atoms with E-state index >= 15 is 0 Å². The van der Waals surface area contributed by atoms with Crippen molar-refractivity contribution in [3.8, 4) is 0 Å². The third kappa shape index (κ3) is 3.83. The van der Waals surface area contributed by atoms with Crippen molar-refractivity contribution in [1.29, 1.82) is 0 Å². The van der Waals surface area contributed by atoms with E-state index < -0.39 is 0 Å². The summed E-state index contributed by atoms with van der Waals surface area (Å²) in [6, 6.07) is 0. The van der Waals surface area contributed by atoms with Gasteiger partial charge in [0, 0.05) is 31.7 Å². The summed E-state index contributed by atoms with van der Waals surface area (Å²) in [6.07, 6.45) is 2.36. The fraction of sp³-hybridized carbons (Fsp3) is 0.733. The molecule has 1 aromatic heterocycles. The van der Waals surface area contributed by atoms with Crippen LogP contribution in [0.2, 0.25) is 0 Å². The SMILES string of the molecule is Cc1c(NN)nc(C(C)C)nc1N(C)CC1CCCOC1. The minimum atomic E-state index is 0.267. The molecule has 0 aliphatic carbocycles. The van der Waals surface area contributed by atoms with Crippen LogP contribution in [0.25, 0.3) is 0 Å². The molecule has 1 atom stereocenters. The lowest BCUT2D eigenvalue weighted by atomic mass is 10.0. The number of rotatable bonds is 5. The van der Waals surface area contributed by atoms with Gasteiger partial charge in [0.25, 0.3) is 0 Å². The van der Waals surface area contributed by atoms with Crippen LogP contribution >= 0.6 is 0 Å². The molecule has 1 aliphatic heterocycles. The van der Waals surface area contributed by atoms with Crippen molar-refractivity contribution in [1.82, 2.24) is 9.97 Å². The molecule has 0 aromatic carbocycles. The van der Waals surface area contributed by atoms with Gasteiger partial charge < -0.3 is 15.1 Å². The quantitative estimate of drug-likeness (QED) is 0.639. The third-order valence-corrected chi connectivity index (χ3v) is 3.94. The van der Waals surface area contributed by atoms with Gasteiger partial charge in [-0.2, -0.15) is 0 Å². The van der Waals surface area contributed by atoms with Gasteiger partial charge in [-0.25, -0.2) is 15.8 Å². The molecule has 0 saturated carbocycles. The molecule has 1 aromatic rings. The normalized spacial score (nSPS) is 18.9. The average molecular weight is 293 g/mol. The first kappa shape index (κ1) is 16.0. The lowest BCUT2D eigenvalue weighted by molar-refractivity contribution is 0.0576. The summed E-state index contributed by atoms with van der Waals surface area (Å²) in [7, 11) is 2.08. The first-order chi connectivity index (χ1) is 10.0. The van der Waals surface area contributed by atoms with Crippen LogP contribution in [0.15, 0.2) is 0 Å². The maximum Gasteiger partial charge on any atom is 0.148 e. The molecule has 118 valence electrons. The number of hydrazine groups is 1. The number of nitrogens with zero attached hydrogens (tertiary/aromatic N) is 3. The highest BCUT2D eigenvalue weighted by Crippen LogP contribution is 2.26. The fourth-order valence-corrected chi connectivity index (χ4v) is 2.72. The van der Waals surface area contributed by atoms with Gasteiger partial charge >= 0.3 is 0 Å². The highest BCUT2D eigenvalue weighted by atomic mass is 16.5. The van der Waals surface area contributed by atoms with Crippen LogP contribution in [-0.2, 0) is 4.74 Å². The molecule has 6 heteroatoms. The van der Waals surface area contributed by atoms with Crippen LogP contribution in [0.4, 0.5) is 11.6 Å². The van der Waals surface area contributed by atoms with Crippen LogP contribution in [0, 0.1) is 12.8 Å². The number of ether oxygens (including phenoxy) is 1. The van der Waals surface area contributed by atoms with E-state index in [9.17, 15) is 0 Å². The van der Waals surface area contributed by atoms with Gasteiger partial charge in [-0.1, -0.05) is 13.8 Å². The summed E-state index contributed by atoms with van der Waals surface area (Å²) in [6.45, 7) is 8.86. The van der Waals surface area contributed by atoms with Crippen LogP contribution in [0.3, 0.4) is 0 Å². The minimum Gasteiger partial charge on any atom is -0.381 e. The first-order valence-corrected chi connectivity index (χ1v) is 7.67. The smallest absolute Gasteiger partial charge is 0.148 e. The van der Waals surface area contributed by atoms with E-state index in [0.717, 1.165) is 43.4 Å². The predicted octanol–water partition coefficient (Wildman–Crippen LogP) is 2.06. The topological polar surface area (TPSA) is 76.3 Å². The van der Waals surface area contributed by atoms with E-state index in [2.05, 4.69) is 36.2 Å². The van der Waals surface area contributed by atoms with Crippen molar-refractivity contribution in [2.24, 2.45) is 11.8 Å². The molecule has 1 aliphatic rings. The van der Waals surface area contributed by atoms with Crippen LogP contribution in [0.5, 0.6) is 0 Å². The Morgan fingerprint density at radius 1 is 1.43 bits per heavy atom. The van der Waals surface area contributed by atoms with Gasteiger partial charge in [0.2, 0.25) is 0 Å². The Hall–Kier alpha value is -1.40. The predicted molar refractivity (Wildman–Crippen MR) is 85.5 cm³/mol. The number of nitrogens with one attached hydrogen (secondary N) is 1. The first-order valence-electron chi connectivity index (χ1n) is 7.67. The average Bonchev–Trinajstić information content (AvgIpc) is 2.48. The number of aromatic nitrogens is 2. The van der Waals surface area contributed by atoms with E-state index in [1.165, 1.54) is 6.42 Å². The zero-order chi connectivity index (χ0) is 15.4. The van der Waals surface area contributed by atoms with E-state index in [-0.39, 0.29) is 5.92 Å². The Bertz CT molecular complexity index is 471. The van der Waals surface area contributed by atoms with Crippen molar-refractivity contribution in [2.45, 2.75) is 39.5 Å². The number of nitrogen functional groups attached to an aromatic ring is 1. The van der Waals surface area contributed by atoms with Gasteiger partial charge in [0.15, 0.2) is 0 Å². The summed E-state index contributed by atoms with van der Waals surface area (Å²) >= 11 is 0. The molecule has 6 nitrogen and oxygen atoms in total. The molecule has 0 radical (unpaired) electrons. The molecule has 1 unspecified atom stereocenters. The third-order valence-electron chi connectivity index (χ3n) is 3.94. The Kier molecular flexibility index (Phi) is 5.36. The molecule has 2 heterocycles. The summed E-state index contributed by atoms with van der Waals surface area (Å²) in [5, 5.41) is 0. The number of hydrogen-bond donors (Lipinski definition) is 2. The van der Waals surface area contributed by atoms with E-state index in [1.807, 2.05) is 6.92 Å². The Balaban J connectivity index is 2.21. The second-order valence-electron chi connectivity index (χ2n) is 6.14. The molecule has 3 N–H and O–H groups in total. The number of hydrogen-bond acceptors (Lipinski definition) is 6. The van der Waals surface area contributed by atoms with Gasteiger partial charge in [0.1, 0.15) is 17.5 Å². The Morgan fingerprint density at radius 2 is 2.19 bits per heavy atom. The van der Waals surface area contributed by atoms with Crippen molar-refractivity contribution in [3.05, 3.63) is 11.4 Å². The second-order valence-corrected chi connectivity index (χ2v) is 6.14. The van der Waals surface area contributed by atoms with Gasteiger partial charge in [0.05, 0.1) is 6.61 Å². The lowest BCUT2D eigenvalue weighted by Gasteiger charge is -2.29. The fourth-order valence-electron chi connectivity index (χ4n) is 2.72. The summed E-state index contributed by atoms with van der Waals surface area (Å²) < 4.78 is 5.56. The zero-order valence-electron chi connectivity index (χ0n) is 13.5. The van der Waals surface area contributed by atoms with Gasteiger partial charge in [-0.3, -0.25) is 0 Å². The van der Waals surface area contributed by atoms with E-state index in [4.69, 9.17) is 15.6 Å². The highest BCUT2D eigenvalue weighted by Gasteiger charge is 2.20. The number of anilines is 2. The standard InChI is InChI=1S/C15H27N5O/c1-10(2)13-17-14(19-16)11(3)15(18-13)20(4)8-12-6-5-7-21-9-12/h10,12H,5-9,16H2,1-4H3,(H,17,18,19). The summed E-state index contributed by atoms with van der Waals surface area (Å²) in [5.74, 6) is 8.90. The van der Waals surface area contributed by atoms with E-state index in [1.54, 1.807) is 0 Å². The largest absolute Gasteiger partial charge is 0.381 e. The van der Waals surface area contributed by atoms with Crippen molar-refractivity contribution in [3.63, 3.8) is 0 Å². The van der Waals surface area contributed by atoms with Gasteiger partial charge in [-0.15, -0.1) is 0 Å². The van der Waals surface area contributed by atoms with Crippen molar-refractivity contribution < 1.29 is 4.74 Å². The minimum absolute atomic E-state index is 0.267. The molecule has 0 spiro atoms. The zero-order valence-corrected chi connectivity index (χ0v) is 13.5. The maximum atomic E-state index is 5.59. The molecular weight excluding hydrogens is 266 g/mol. The summed E-state index contributed by atoms with van der Waals surface area (Å²) in [5.41, 5.74) is 3.67. The Morgan fingerprint density at radius 3 is 2.76 bits per heavy atom. The highest BCUT2D eigenvalue weighted by molar-refractivity contribution is 5.58. The monoisotopic (exact) mass is 293 g/mol. The molecular formula is C15H27N5O. The Labute approximate surface area is 127 Å². The maximum absolute atomic E-state index is 5.59. The van der Waals surface area contributed by atoms with Crippen molar-refractivity contribution >= 4 is 11.6 Å². The second kappa shape index (κ2) is 7.04. The molecule has 1 saturated heterocycles. The molecule has 0 bridgehead atoms. The summed E-state index contributed by atoms with van der Waals surface area (Å²) in [4.78, 5) is 11.4. The van der Waals surface area contributed by atoms with Crippen LogP contribution in [-0.4, -0.2) is 36.8 Å². The molecule has 1 fully saturated rings.